The van der Waals surface area contributed by atoms with Crippen LogP contribution in [0.1, 0.15) is 22.8 Å². The number of nitrogens with zero attached hydrogens (tertiary/aromatic N) is 1. The van der Waals surface area contributed by atoms with Crippen molar-refractivity contribution in [1.29, 1.82) is 0 Å². The minimum atomic E-state index is -0.208. The third kappa shape index (κ3) is 2.96. The Kier molecular flexibility index (Phi) is 4.02. The Morgan fingerprint density at radius 1 is 1.25 bits per heavy atom. The normalized spacial score (nSPS) is 13.1. The van der Waals surface area contributed by atoms with Gasteiger partial charge in [0.1, 0.15) is 0 Å². The van der Waals surface area contributed by atoms with Crippen molar-refractivity contribution in [1.82, 2.24) is 10.6 Å². The molecule has 0 bridgehead atoms. The van der Waals surface area contributed by atoms with Gasteiger partial charge in [0.2, 0.25) is 11.8 Å². The highest BCUT2D eigenvalue weighted by molar-refractivity contribution is 6.03. The minimum absolute atomic E-state index is 0.0308. The average molecular weight is 275 g/mol. The molecule has 0 saturated heterocycles. The SMILES string of the molecule is CC(=O)NCCNC(=O)c1ccc2c(c1)CC(=O)N2C. The summed E-state index contributed by atoms with van der Waals surface area (Å²) < 4.78 is 0. The van der Waals surface area contributed by atoms with Gasteiger partial charge in [-0.1, -0.05) is 0 Å². The second kappa shape index (κ2) is 5.73. The van der Waals surface area contributed by atoms with Gasteiger partial charge in [0.05, 0.1) is 6.42 Å². The zero-order valence-electron chi connectivity index (χ0n) is 11.5. The van der Waals surface area contributed by atoms with Gasteiger partial charge in [-0.2, -0.15) is 0 Å². The summed E-state index contributed by atoms with van der Waals surface area (Å²) in [7, 11) is 1.72. The number of amides is 3. The highest BCUT2D eigenvalue weighted by atomic mass is 16.2. The van der Waals surface area contributed by atoms with Crippen molar-refractivity contribution in [3.05, 3.63) is 29.3 Å². The van der Waals surface area contributed by atoms with Crippen LogP contribution in [0.3, 0.4) is 0 Å². The fourth-order valence-electron chi connectivity index (χ4n) is 2.13. The van der Waals surface area contributed by atoms with Gasteiger partial charge < -0.3 is 15.5 Å². The number of hydrogen-bond acceptors (Lipinski definition) is 3. The number of hydrogen-bond donors (Lipinski definition) is 2. The molecule has 6 heteroatoms. The molecule has 1 aromatic rings. The van der Waals surface area contributed by atoms with Gasteiger partial charge in [-0.15, -0.1) is 0 Å². The van der Waals surface area contributed by atoms with Crippen LogP contribution >= 0.6 is 0 Å². The number of carbonyl (C=O) groups is 3. The van der Waals surface area contributed by atoms with Gasteiger partial charge >= 0.3 is 0 Å². The molecular formula is C14H17N3O3. The lowest BCUT2D eigenvalue weighted by atomic mass is 10.1. The summed E-state index contributed by atoms with van der Waals surface area (Å²) in [5.74, 6) is -0.304. The van der Waals surface area contributed by atoms with Crippen molar-refractivity contribution in [3.63, 3.8) is 0 Å². The molecule has 0 aliphatic carbocycles. The first-order valence-corrected chi connectivity index (χ1v) is 6.41. The molecule has 0 radical (unpaired) electrons. The van der Waals surface area contributed by atoms with Gasteiger partial charge in [0.15, 0.2) is 0 Å². The Bertz CT molecular complexity index is 569. The lowest BCUT2D eigenvalue weighted by Crippen LogP contribution is -2.33. The molecule has 1 aliphatic rings. The summed E-state index contributed by atoms with van der Waals surface area (Å²) in [4.78, 5) is 35.8. The number of fused-ring (bicyclic) bond motifs is 1. The van der Waals surface area contributed by atoms with Crippen LogP contribution in [0.2, 0.25) is 0 Å². The summed E-state index contributed by atoms with van der Waals surface area (Å²) in [6.07, 6.45) is 0.332. The predicted octanol–water partition coefficient (Wildman–Crippen LogP) is 0.0714. The van der Waals surface area contributed by atoms with E-state index in [-0.39, 0.29) is 17.7 Å². The van der Waals surface area contributed by atoms with Crippen molar-refractivity contribution in [2.24, 2.45) is 0 Å². The molecule has 0 fully saturated rings. The largest absolute Gasteiger partial charge is 0.355 e. The van der Waals surface area contributed by atoms with Crippen molar-refractivity contribution >= 4 is 23.4 Å². The van der Waals surface area contributed by atoms with Crippen LogP contribution in [0.25, 0.3) is 0 Å². The second-order valence-electron chi connectivity index (χ2n) is 4.71. The summed E-state index contributed by atoms with van der Waals surface area (Å²) in [5, 5.41) is 5.32. The standard InChI is InChI=1S/C14H17N3O3/c1-9(18)15-5-6-16-14(20)10-3-4-12-11(7-10)8-13(19)17(12)2/h3-4,7H,5-6,8H2,1-2H3,(H,15,18)(H,16,20). The first-order valence-electron chi connectivity index (χ1n) is 6.41. The number of nitrogens with one attached hydrogen (secondary N) is 2. The van der Waals surface area contributed by atoms with Crippen molar-refractivity contribution in [2.45, 2.75) is 13.3 Å². The summed E-state index contributed by atoms with van der Waals surface area (Å²) in [6.45, 7) is 2.19. The molecule has 106 valence electrons. The molecule has 0 unspecified atom stereocenters. The molecule has 0 spiro atoms. The van der Waals surface area contributed by atoms with E-state index in [0.29, 0.717) is 25.1 Å². The lowest BCUT2D eigenvalue weighted by Gasteiger charge is -2.10. The van der Waals surface area contributed by atoms with E-state index in [1.165, 1.54) is 6.92 Å². The maximum atomic E-state index is 11.9. The molecule has 3 amide bonds. The Hall–Kier alpha value is -2.37. The highest BCUT2D eigenvalue weighted by Gasteiger charge is 2.24. The maximum Gasteiger partial charge on any atom is 0.251 e. The minimum Gasteiger partial charge on any atom is -0.355 e. The molecule has 1 heterocycles. The molecule has 0 atom stereocenters. The summed E-state index contributed by atoms with van der Waals surface area (Å²) >= 11 is 0. The first kappa shape index (κ1) is 14.0. The number of carbonyl (C=O) groups excluding carboxylic acids is 3. The maximum absolute atomic E-state index is 11.9. The van der Waals surface area contributed by atoms with Crippen LogP contribution < -0.4 is 15.5 Å². The van der Waals surface area contributed by atoms with E-state index < -0.39 is 0 Å². The van der Waals surface area contributed by atoms with Crippen LogP contribution in [0.15, 0.2) is 18.2 Å². The van der Waals surface area contributed by atoms with Gasteiger partial charge in [0, 0.05) is 38.3 Å². The lowest BCUT2D eigenvalue weighted by molar-refractivity contribution is -0.119. The van der Waals surface area contributed by atoms with Gasteiger partial charge in [-0.05, 0) is 23.8 Å². The highest BCUT2D eigenvalue weighted by Crippen LogP contribution is 2.28. The number of likely N-dealkylation sites (N-methyl/N-ethyl adjacent to an activating group) is 1. The molecule has 2 N–H and O–H groups in total. The summed E-state index contributed by atoms with van der Waals surface area (Å²) in [5.41, 5.74) is 2.24. The van der Waals surface area contributed by atoms with E-state index in [1.807, 2.05) is 0 Å². The van der Waals surface area contributed by atoms with Gasteiger partial charge in [-0.3, -0.25) is 14.4 Å². The average Bonchev–Trinajstić information content (AvgIpc) is 2.69. The quantitative estimate of drug-likeness (QED) is 0.763. The van der Waals surface area contributed by atoms with E-state index in [1.54, 1.807) is 30.1 Å². The van der Waals surface area contributed by atoms with Gasteiger partial charge in [-0.25, -0.2) is 0 Å². The van der Waals surface area contributed by atoms with E-state index in [9.17, 15) is 14.4 Å². The molecule has 20 heavy (non-hydrogen) atoms. The summed E-state index contributed by atoms with van der Waals surface area (Å²) in [6, 6.07) is 5.22. The van der Waals surface area contributed by atoms with Crippen LogP contribution in [0, 0.1) is 0 Å². The Morgan fingerprint density at radius 3 is 2.65 bits per heavy atom. The molecule has 1 aromatic carbocycles. The third-order valence-electron chi connectivity index (χ3n) is 3.20. The van der Waals surface area contributed by atoms with Crippen LogP contribution in [0.4, 0.5) is 5.69 Å². The van der Waals surface area contributed by atoms with Crippen LogP contribution in [-0.2, 0) is 16.0 Å². The second-order valence-corrected chi connectivity index (χ2v) is 4.71. The van der Waals surface area contributed by atoms with E-state index in [2.05, 4.69) is 10.6 Å². The monoisotopic (exact) mass is 275 g/mol. The molecule has 0 saturated carbocycles. The number of anilines is 1. The van der Waals surface area contributed by atoms with Crippen LogP contribution in [0.5, 0.6) is 0 Å². The molecule has 0 aromatic heterocycles. The van der Waals surface area contributed by atoms with Gasteiger partial charge in [0.25, 0.3) is 5.91 Å². The fourth-order valence-corrected chi connectivity index (χ4v) is 2.13. The number of benzene rings is 1. The first-order chi connectivity index (χ1) is 9.49. The third-order valence-corrected chi connectivity index (χ3v) is 3.20. The molecule has 6 nitrogen and oxygen atoms in total. The van der Waals surface area contributed by atoms with Crippen LogP contribution in [-0.4, -0.2) is 37.9 Å². The number of rotatable bonds is 4. The Labute approximate surface area is 117 Å². The Balaban J connectivity index is 1.97. The Morgan fingerprint density at radius 2 is 1.95 bits per heavy atom. The molecule has 2 rings (SSSR count). The molecular weight excluding hydrogens is 258 g/mol. The van der Waals surface area contributed by atoms with Crippen molar-refractivity contribution < 1.29 is 14.4 Å². The van der Waals surface area contributed by atoms with E-state index in [4.69, 9.17) is 0 Å². The molecule has 1 aliphatic heterocycles. The van der Waals surface area contributed by atoms with Crippen molar-refractivity contribution in [2.75, 3.05) is 25.0 Å². The van der Waals surface area contributed by atoms with E-state index in [0.717, 1.165) is 11.3 Å². The smallest absolute Gasteiger partial charge is 0.251 e. The fraction of sp³-hybridized carbons (Fsp3) is 0.357. The predicted molar refractivity (Wildman–Crippen MR) is 74.6 cm³/mol. The van der Waals surface area contributed by atoms with Crippen molar-refractivity contribution in [3.8, 4) is 0 Å². The zero-order chi connectivity index (χ0) is 14.7. The zero-order valence-corrected chi connectivity index (χ0v) is 11.5. The topological polar surface area (TPSA) is 78.5 Å². The van der Waals surface area contributed by atoms with E-state index >= 15 is 0 Å².